The highest BCUT2D eigenvalue weighted by atomic mass is 32.2. The van der Waals surface area contributed by atoms with Gasteiger partial charge in [-0.3, -0.25) is 4.79 Å². The molecule has 0 aromatic rings. The van der Waals surface area contributed by atoms with E-state index >= 15 is 0 Å². The smallest absolute Gasteiger partial charge is 0.303 e. The first-order valence-corrected chi connectivity index (χ1v) is 13.1. The lowest BCUT2D eigenvalue weighted by Gasteiger charge is -2.28. The number of carboxylic acid groups (broad SMARTS) is 1. The summed E-state index contributed by atoms with van der Waals surface area (Å²) in [6.07, 6.45) is 13.9. The highest BCUT2D eigenvalue weighted by Crippen LogP contribution is 2.47. The normalized spacial score (nSPS) is 27.3. The van der Waals surface area contributed by atoms with Gasteiger partial charge in [-0.25, -0.2) is 0 Å². The fraction of sp³-hybridized carbons (Fsp3) is 0.952. The van der Waals surface area contributed by atoms with Crippen LogP contribution < -0.4 is 0 Å². The minimum absolute atomic E-state index is 0.318. The van der Waals surface area contributed by atoms with Gasteiger partial charge >= 0.3 is 5.97 Å². The van der Waals surface area contributed by atoms with Crippen molar-refractivity contribution in [1.29, 1.82) is 0 Å². The van der Waals surface area contributed by atoms with Gasteiger partial charge < -0.3 is 9.84 Å². The van der Waals surface area contributed by atoms with E-state index in [2.05, 4.69) is 18.7 Å². The number of thioether (sulfide) groups is 2. The van der Waals surface area contributed by atoms with Crippen LogP contribution in [0, 0.1) is 11.8 Å². The van der Waals surface area contributed by atoms with Crippen molar-refractivity contribution in [3.63, 3.8) is 0 Å². The lowest BCUT2D eigenvalue weighted by molar-refractivity contribution is -0.137. The quantitative estimate of drug-likeness (QED) is 0.328. The number of hydrogen-bond donors (Lipinski definition) is 1. The van der Waals surface area contributed by atoms with E-state index in [4.69, 9.17) is 9.84 Å². The summed E-state index contributed by atoms with van der Waals surface area (Å²) >= 11 is 4.16. The van der Waals surface area contributed by atoms with E-state index in [-0.39, 0.29) is 0 Å². The molecule has 26 heavy (non-hydrogen) atoms. The summed E-state index contributed by atoms with van der Waals surface area (Å²) in [5.74, 6) is 5.87. The van der Waals surface area contributed by atoms with Crippen molar-refractivity contribution in [3.05, 3.63) is 0 Å². The second-order valence-corrected chi connectivity index (χ2v) is 10.3. The Hall–Kier alpha value is 0.130. The number of hydrogen-bond acceptors (Lipinski definition) is 4. The lowest BCUT2D eigenvalue weighted by Crippen LogP contribution is -2.28. The Bertz CT molecular complexity index is 391. The number of ether oxygens (including phenoxy) is 1. The molecule has 2 aliphatic heterocycles. The number of fused-ring (bicyclic) bond motifs is 2. The molecular weight excluding hydrogens is 364 g/mol. The summed E-state index contributed by atoms with van der Waals surface area (Å²) in [5.41, 5.74) is 0. The maximum absolute atomic E-state index is 10.5. The molecule has 0 radical (unpaired) electrons. The van der Waals surface area contributed by atoms with Crippen LogP contribution >= 0.6 is 23.5 Å². The zero-order chi connectivity index (χ0) is 18.6. The molecule has 152 valence electrons. The van der Waals surface area contributed by atoms with Crippen molar-refractivity contribution in [2.45, 2.75) is 89.8 Å². The van der Waals surface area contributed by atoms with Gasteiger partial charge in [-0.05, 0) is 79.8 Å². The molecule has 2 saturated heterocycles. The highest BCUT2D eigenvalue weighted by Gasteiger charge is 2.47. The van der Waals surface area contributed by atoms with Gasteiger partial charge in [0, 0.05) is 6.42 Å². The van der Waals surface area contributed by atoms with Crippen LogP contribution in [-0.4, -0.2) is 46.3 Å². The molecule has 0 spiro atoms. The second-order valence-electron chi connectivity index (χ2n) is 7.83. The van der Waals surface area contributed by atoms with Crippen LogP contribution in [0.4, 0.5) is 0 Å². The van der Waals surface area contributed by atoms with Crippen molar-refractivity contribution in [2.75, 3.05) is 23.0 Å². The van der Waals surface area contributed by atoms with Crippen LogP contribution in [0.15, 0.2) is 0 Å². The molecule has 0 unspecified atom stereocenters. The van der Waals surface area contributed by atoms with E-state index in [0.29, 0.717) is 18.6 Å². The van der Waals surface area contributed by atoms with E-state index in [1.54, 1.807) is 0 Å². The third-order valence-corrected chi connectivity index (χ3v) is 8.06. The summed E-state index contributed by atoms with van der Waals surface area (Å²) in [4.78, 5) is 10.5. The molecule has 0 aromatic heterocycles. The van der Waals surface area contributed by atoms with Gasteiger partial charge in [-0.1, -0.05) is 26.2 Å². The second kappa shape index (κ2) is 13.3. The first-order valence-electron chi connectivity index (χ1n) is 10.7. The number of rotatable bonds is 16. The summed E-state index contributed by atoms with van der Waals surface area (Å²) in [6, 6.07) is 0. The summed E-state index contributed by atoms with van der Waals surface area (Å²) in [6.45, 7) is 2.27. The first-order chi connectivity index (χ1) is 12.7. The fourth-order valence-corrected chi connectivity index (χ4v) is 6.53. The minimum atomic E-state index is -0.666. The Morgan fingerprint density at radius 1 is 0.885 bits per heavy atom. The Balaban J connectivity index is 1.55. The SMILES string of the molecule is CCCCCCSCC[C@H]1[C@@H](CCSCCCCC(=O)O)[C@H]2CC[C@@H]1O2. The van der Waals surface area contributed by atoms with E-state index < -0.39 is 5.97 Å². The van der Waals surface area contributed by atoms with Crippen molar-refractivity contribution in [3.8, 4) is 0 Å². The number of carbonyl (C=O) groups is 1. The molecule has 3 nitrogen and oxygen atoms in total. The Kier molecular flexibility index (Phi) is 11.5. The summed E-state index contributed by atoms with van der Waals surface area (Å²) < 4.78 is 6.25. The van der Waals surface area contributed by atoms with E-state index in [1.807, 2.05) is 11.8 Å². The molecule has 2 aliphatic rings. The van der Waals surface area contributed by atoms with Crippen molar-refractivity contribution in [1.82, 2.24) is 0 Å². The van der Waals surface area contributed by atoms with Crippen molar-refractivity contribution >= 4 is 29.5 Å². The summed E-state index contributed by atoms with van der Waals surface area (Å²) in [7, 11) is 0. The van der Waals surface area contributed by atoms with Gasteiger partial charge in [0.05, 0.1) is 12.2 Å². The Morgan fingerprint density at radius 3 is 2.00 bits per heavy atom. The fourth-order valence-electron chi connectivity index (χ4n) is 4.42. The van der Waals surface area contributed by atoms with E-state index in [0.717, 1.165) is 30.4 Å². The molecule has 0 aromatic carbocycles. The number of unbranched alkanes of at least 4 members (excludes halogenated alkanes) is 4. The van der Waals surface area contributed by atoms with Gasteiger partial charge in [0.15, 0.2) is 0 Å². The molecule has 2 fully saturated rings. The monoisotopic (exact) mass is 402 g/mol. The standard InChI is InChI=1S/C21H38O3S2/c1-2-3-4-6-13-25-15-11-17-18(20-10-9-19(17)24-20)12-16-26-14-7-5-8-21(22)23/h17-20H,2-16H2,1H3,(H,22,23)/t17-,18+,19-,20+/m0/s1. The van der Waals surface area contributed by atoms with Gasteiger partial charge in [-0.15, -0.1) is 0 Å². The molecule has 2 heterocycles. The predicted molar refractivity (Wildman–Crippen MR) is 114 cm³/mol. The van der Waals surface area contributed by atoms with Crippen LogP contribution in [-0.2, 0) is 9.53 Å². The lowest BCUT2D eigenvalue weighted by atomic mass is 9.76. The van der Waals surface area contributed by atoms with Crippen LogP contribution in [0.3, 0.4) is 0 Å². The van der Waals surface area contributed by atoms with Crippen LogP contribution in [0.5, 0.6) is 0 Å². The zero-order valence-corrected chi connectivity index (χ0v) is 18.1. The molecule has 0 aliphatic carbocycles. The highest BCUT2D eigenvalue weighted by molar-refractivity contribution is 7.99. The molecule has 2 bridgehead atoms. The van der Waals surface area contributed by atoms with Crippen LogP contribution in [0.1, 0.15) is 77.6 Å². The third kappa shape index (κ3) is 8.02. The van der Waals surface area contributed by atoms with E-state index in [1.165, 1.54) is 68.6 Å². The molecule has 4 atom stereocenters. The maximum atomic E-state index is 10.5. The van der Waals surface area contributed by atoms with Gasteiger partial charge in [0.1, 0.15) is 0 Å². The van der Waals surface area contributed by atoms with Crippen LogP contribution in [0.25, 0.3) is 0 Å². The van der Waals surface area contributed by atoms with Gasteiger partial charge in [0.2, 0.25) is 0 Å². The summed E-state index contributed by atoms with van der Waals surface area (Å²) in [5, 5.41) is 8.67. The number of aliphatic carboxylic acids is 1. The largest absolute Gasteiger partial charge is 0.481 e. The van der Waals surface area contributed by atoms with Gasteiger partial charge in [-0.2, -0.15) is 23.5 Å². The maximum Gasteiger partial charge on any atom is 0.303 e. The first kappa shape index (κ1) is 22.4. The third-order valence-electron chi connectivity index (χ3n) is 5.85. The molecule has 5 heteroatoms. The predicted octanol–water partition coefficient (Wildman–Crippen LogP) is 5.86. The van der Waals surface area contributed by atoms with Crippen molar-refractivity contribution in [2.24, 2.45) is 11.8 Å². The Labute approximate surface area is 168 Å². The molecule has 0 amide bonds. The molecule has 0 saturated carbocycles. The average molecular weight is 403 g/mol. The van der Waals surface area contributed by atoms with Crippen molar-refractivity contribution < 1.29 is 14.6 Å². The zero-order valence-electron chi connectivity index (χ0n) is 16.5. The van der Waals surface area contributed by atoms with E-state index in [9.17, 15) is 4.79 Å². The van der Waals surface area contributed by atoms with Crippen LogP contribution in [0.2, 0.25) is 0 Å². The molecule has 1 N–H and O–H groups in total. The minimum Gasteiger partial charge on any atom is -0.481 e. The van der Waals surface area contributed by atoms with Gasteiger partial charge in [0.25, 0.3) is 0 Å². The molecular formula is C21H38O3S2. The molecule has 2 rings (SSSR count). The average Bonchev–Trinajstić information content (AvgIpc) is 3.22. The Morgan fingerprint density at radius 2 is 1.46 bits per heavy atom. The topological polar surface area (TPSA) is 46.5 Å². The number of carboxylic acids is 1.